The SMILES string of the molecule is CCC(NC(=O)NC1CCC(CCN2C3CC[C@@H]2c2ccccc23)CC1)c1ccc(Oc2ccc(C(CC)NC(=O)NC3CCC(CCN4[C@@H]5CC[C@H]4c4ccccc45)CC3)cc2)cc1.O=C(O)C(F)(F)F. The van der Waals surface area contributed by atoms with E-state index in [9.17, 15) is 22.8 Å². The van der Waals surface area contributed by atoms with Gasteiger partial charge in [-0.1, -0.05) is 86.6 Å². The number of urea groups is 2. The summed E-state index contributed by atoms with van der Waals surface area (Å²) in [5.41, 5.74) is 8.40. The highest BCUT2D eigenvalue weighted by atomic mass is 19.4. The summed E-state index contributed by atoms with van der Waals surface area (Å²) in [5, 5.41) is 20.2. The molecule has 2 saturated carbocycles. The topological polar surface area (TPSA) is 135 Å². The lowest BCUT2D eigenvalue weighted by Gasteiger charge is -2.31. The number of aliphatic carboxylic acids is 1. The van der Waals surface area contributed by atoms with Crippen LogP contribution in [0.25, 0.3) is 0 Å². The number of rotatable bonds is 16. The predicted molar refractivity (Wildman–Crippen MR) is 273 cm³/mol. The number of hydrogen-bond acceptors (Lipinski definition) is 6. The van der Waals surface area contributed by atoms with Crippen LogP contribution in [-0.2, 0) is 4.79 Å². The molecule has 3 unspecified atom stereocenters. The average molecular weight is 991 g/mol. The minimum Gasteiger partial charge on any atom is -0.475 e. The quantitative estimate of drug-likeness (QED) is 0.0754. The molecular weight excluding hydrogens is 918 g/mol. The molecule has 4 aromatic carbocycles. The zero-order valence-electron chi connectivity index (χ0n) is 41.8. The van der Waals surface area contributed by atoms with E-state index < -0.39 is 12.1 Å². The van der Waals surface area contributed by atoms with Crippen molar-refractivity contribution < 1.29 is 37.4 Å². The van der Waals surface area contributed by atoms with Gasteiger partial charge in [0.2, 0.25) is 0 Å². The van der Waals surface area contributed by atoms with Gasteiger partial charge in [-0.15, -0.1) is 0 Å². The molecule has 6 atom stereocenters. The minimum absolute atomic E-state index is 0.0752. The summed E-state index contributed by atoms with van der Waals surface area (Å²) in [5.74, 6) is 0.220. The van der Waals surface area contributed by atoms with Gasteiger partial charge in [-0.05, 0) is 185 Å². The molecule has 2 aliphatic carbocycles. The van der Waals surface area contributed by atoms with Crippen molar-refractivity contribution in [3.8, 4) is 11.5 Å². The molecule has 72 heavy (non-hydrogen) atoms. The van der Waals surface area contributed by atoms with Gasteiger partial charge in [-0.2, -0.15) is 13.2 Å². The molecular formula is C58H73F3N6O5. The normalized spacial score (nSPS) is 26.1. The first kappa shape index (κ1) is 51.3. The van der Waals surface area contributed by atoms with Crippen LogP contribution in [0.15, 0.2) is 97.1 Å². The number of benzene rings is 4. The molecule has 4 aliphatic heterocycles. The summed E-state index contributed by atoms with van der Waals surface area (Å²) in [6.45, 7) is 6.61. The smallest absolute Gasteiger partial charge is 0.475 e. The number of hydrogen-bond donors (Lipinski definition) is 5. The predicted octanol–water partition coefficient (Wildman–Crippen LogP) is 13.3. The fraction of sp³-hybridized carbons (Fsp3) is 0.534. The van der Waals surface area contributed by atoms with Crippen LogP contribution >= 0.6 is 0 Å². The molecule has 0 aromatic heterocycles. The number of carbonyl (C=O) groups is 3. The Bertz CT molecular complexity index is 2240. The molecule has 4 heterocycles. The van der Waals surface area contributed by atoms with Crippen molar-refractivity contribution in [2.75, 3.05) is 13.1 Å². The summed E-state index contributed by atoms with van der Waals surface area (Å²) < 4.78 is 38.0. The maximum Gasteiger partial charge on any atom is 0.490 e. The Labute approximate surface area is 423 Å². The van der Waals surface area contributed by atoms with Crippen molar-refractivity contribution in [2.45, 2.75) is 171 Å². The molecule has 0 spiro atoms. The first-order valence-electron chi connectivity index (χ1n) is 26.9. The van der Waals surface area contributed by atoms with Gasteiger partial charge in [0.05, 0.1) is 12.1 Å². The standard InChI is InChI=1S/C56H72N6O3.C2HF3O2/c1-3-49(59-55(63)57-41-21-13-37(14-22-41)33-35-61-51-29-30-52(61)46-10-6-5-9-45(46)51)39-17-25-43(26-18-39)65-44-27-19-40(20-28-44)50(4-2)60-56(64)58-42-23-15-38(16-24-42)34-36-62-53-31-32-54(62)48-12-8-7-11-47(48)53;3-2(4,5)1(6)7/h5-12,17-20,25-28,37-38,41-42,49-54H,3-4,13-16,21-24,29-36H2,1-2H3,(H2,57,59,63)(H2,58,60,64);(H,6,7)/t37?,38?,41?,42?,49?,50?,51-,52+,53-,54?;/m1./s1. The molecule has 6 aliphatic rings. The van der Waals surface area contributed by atoms with Crippen molar-refractivity contribution in [1.29, 1.82) is 0 Å². The second kappa shape index (κ2) is 23.1. The molecule has 0 radical (unpaired) electrons. The lowest BCUT2D eigenvalue weighted by Crippen LogP contribution is -2.44. The molecule has 10 rings (SSSR count). The number of carboxylic acids is 1. The summed E-state index contributed by atoms with van der Waals surface area (Å²) in [6.07, 6.45) is 13.2. The number of alkyl halides is 3. The van der Waals surface area contributed by atoms with Crippen LogP contribution in [0.5, 0.6) is 11.5 Å². The van der Waals surface area contributed by atoms with Crippen LogP contribution in [0.1, 0.15) is 186 Å². The van der Waals surface area contributed by atoms with Crippen LogP contribution in [0, 0.1) is 11.8 Å². The van der Waals surface area contributed by atoms with Crippen molar-refractivity contribution in [3.63, 3.8) is 0 Å². The van der Waals surface area contributed by atoms with E-state index in [2.05, 4.69) is 93.4 Å². The highest BCUT2D eigenvalue weighted by Gasteiger charge is 2.45. The maximum absolute atomic E-state index is 13.2. The van der Waals surface area contributed by atoms with Crippen molar-refractivity contribution in [1.82, 2.24) is 31.1 Å². The van der Waals surface area contributed by atoms with Gasteiger partial charge >= 0.3 is 24.2 Å². The zero-order valence-corrected chi connectivity index (χ0v) is 41.8. The molecule has 4 bridgehead atoms. The summed E-state index contributed by atoms with van der Waals surface area (Å²) in [7, 11) is 0. The molecule has 2 saturated heterocycles. The van der Waals surface area contributed by atoms with Crippen LogP contribution in [0.3, 0.4) is 0 Å². The van der Waals surface area contributed by atoms with E-state index in [1.165, 1.54) is 77.3 Å². The van der Waals surface area contributed by atoms with Crippen LogP contribution in [0.4, 0.5) is 22.8 Å². The number of carbonyl (C=O) groups excluding carboxylic acids is 2. The Morgan fingerprint density at radius 1 is 0.542 bits per heavy atom. The first-order chi connectivity index (χ1) is 34.8. The monoisotopic (exact) mass is 991 g/mol. The van der Waals surface area contributed by atoms with Crippen molar-refractivity contribution in [3.05, 3.63) is 130 Å². The van der Waals surface area contributed by atoms with E-state index in [0.717, 1.165) is 73.0 Å². The molecule has 5 N–H and O–H groups in total. The Morgan fingerprint density at radius 3 is 1.15 bits per heavy atom. The van der Waals surface area contributed by atoms with Gasteiger partial charge in [-0.25, -0.2) is 14.4 Å². The van der Waals surface area contributed by atoms with Gasteiger partial charge in [0.15, 0.2) is 0 Å². The fourth-order valence-electron chi connectivity index (χ4n) is 13.1. The number of nitrogens with one attached hydrogen (secondary N) is 4. The van der Waals surface area contributed by atoms with Gasteiger partial charge in [0.25, 0.3) is 0 Å². The van der Waals surface area contributed by atoms with E-state index >= 15 is 0 Å². The van der Waals surface area contributed by atoms with E-state index in [1.54, 1.807) is 22.3 Å². The number of ether oxygens (including phenoxy) is 1. The maximum atomic E-state index is 13.2. The van der Waals surface area contributed by atoms with Crippen molar-refractivity contribution >= 4 is 18.0 Å². The third kappa shape index (κ3) is 12.1. The van der Waals surface area contributed by atoms with Crippen LogP contribution < -0.4 is 26.0 Å². The lowest BCUT2D eigenvalue weighted by molar-refractivity contribution is -0.192. The highest BCUT2D eigenvalue weighted by Crippen LogP contribution is 2.54. The fourth-order valence-corrected chi connectivity index (χ4v) is 13.1. The number of fused-ring (bicyclic) bond motifs is 10. The Balaban J connectivity index is 0.000000853. The molecule has 4 fully saturated rings. The number of carboxylic acid groups (broad SMARTS) is 1. The van der Waals surface area contributed by atoms with Crippen LogP contribution in [0.2, 0.25) is 0 Å². The Kier molecular flexibility index (Phi) is 16.4. The van der Waals surface area contributed by atoms with Gasteiger partial charge in [-0.3, -0.25) is 9.80 Å². The summed E-state index contributed by atoms with van der Waals surface area (Å²) >= 11 is 0. The van der Waals surface area contributed by atoms with Crippen LogP contribution in [-0.4, -0.2) is 64.3 Å². The highest BCUT2D eigenvalue weighted by molar-refractivity contribution is 5.75. The lowest BCUT2D eigenvalue weighted by atomic mass is 9.84. The second-order valence-corrected chi connectivity index (χ2v) is 21.2. The van der Waals surface area contributed by atoms with Gasteiger partial charge in [0.1, 0.15) is 11.5 Å². The number of nitrogens with zero attached hydrogens (tertiary/aromatic N) is 2. The van der Waals surface area contributed by atoms with E-state index in [0.29, 0.717) is 24.2 Å². The van der Waals surface area contributed by atoms with Crippen molar-refractivity contribution in [2.24, 2.45) is 11.8 Å². The molecule has 11 nitrogen and oxygen atoms in total. The number of amides is 4. The Hall–Kier alpha value is -5.60. The third-order valence-electron chi connectivity index (χ3n) is 16.9. The number of halogens is 3. The van der Waals surface area contributed by atoms with E-state index in [1.807, 2.05) is 48.5 Å². The summed E-state index contributed by atoms with van der Waals surface area (Å²) in [4.78, 5) is 40.8. The summed E-state index contributed by atoms with van der Waals surface area (Å²) in [6, 6.07) is 36.9. The largest absolute Gasteiger partial charge is 0.490 e. The molecule has 4 aromatic rings. The zero-order chi connectivity index (χ0) is 50.4. The first-order valence-corrected chi connectivity index (χ1v) is 26.9. The third-order valence-corrected chi connectivity index (χ3v) is 16.9. The van der Waals surface area contributed by atoms with Gasteiger partial charge < -0.3 is 31.1 Å². The minimum atomic E-state index is -5.08. The molecule has 4 amide bonds. The average Bonchev–Trinajstić information content (AvgIpc) is 4.16. The molecule has 14 heteroatoms. The van der Waals surface area contributed by atoms with E-state index in [4.69, 9.17) is 14.6 Å². The van der Waals surface area contributed by atoms with E-state index in [-0.39, 0.29) is 36.2 Å². The molecule has 386 valence electrons. The Morgan fingerprint density at radius 2 is 0.861 bits per heavy atom. The van der Waals surface area contributed by atoms with Gasteiger partial charge in [0, 0.05) is 36.3 Å². The second-order valence-electron chi connectivity index (χ2n) is 21.2.